The molecule has 0 spiro atoms. The van der Waals surface area contributed by atoms with Gasteiger partial charge in [0, 0.05) is 18.5 Å². The summed E-state index contributed by atoms with van der Waals surface area (Å²) in [6, 6.07) is 8.84. The van der Waals surface area contributed by atoms with Gasteiger partial charge in [0.25, 0.3) is 5.69 Å². The van der Waals surface area contributed by atoms with Crippen LogP contribution < -0.4 is 5.32 Å². The Kier molecular flexibility index (Phi) is 4.13. The number of nitrogens with zero attached hydrogens (tertiary/aromatic N) is 4. The van der Waals surface area contributed by atoms with E-state index in [2.05, 4.69) is 15.5 Å². The third-order valence-corrected chi connectivity index (χ3v) is 4.80. The molecular formula is C15H15N5O4S. The van der Waals surface area contributed by atoms with Gasteiger partial charge in [0.2, 0.25) is 0 Å². The predicted octanol–water partition coefficient (Wildman–Crippen LogP) is 2.21. The molecule has 3 aromatic rings. The molecule has 3 rings (SSSR count). The Bertz CT molecular complexity index is 1060. The van der Waals surface area contributed by atoms with Gasteiger partial charge in [0.15, 0.2) is 21.3 Å². The fraction of sp³-hybridized carbons (Fsp3) is 0.200. The molecule has 130 valence electrons. The summed E-state index contributed by atoms with van der Waals surface area (Å²) in [5.41, 5.74) is 0.550. The van der Waals surface area contributed by atoms with Crippen molar-refractivity contribution in [3.63, 3.8) is 0 Å². The Morgan fingerprint density at radius 1 is 1.24 bits per heavy atom. The lowest BCUT2D eigenvalue weighted by molar-refractivity contribution is -0.384. The fourth-order valence-electron chi connectivity index (χ4n) is 2.47. The van der Waals surface area contributed by atoms with Crippen molar-refractivity contribution in [2.24, 2.45) is 0 Å². The molecule has 0 amide bonds. The minimum Gasteiger partial charge on any atom is -0.370 e. The second-order valence-electron chi connectivity index (χ2n) is 5.56. The zero-order valence-electron chi connectivity index (χ0n) is 13.4. The zero-order chi connectivity index (χ0) is 18.2. The van der Waals surface area contributed by atoms with Crippen LogP contribution in [0.5, 0.6) is 0 Å². The first kappa shape index (κ1) is 16.8. The number of aromatic nitrogens is 3. The molecule has 1 aromatic carbocycles. The lowest BCUT2D eigenvalue weighted by atomic mass is 10.2. The van der Waals surface area contributed by atoms with Crippen molar-refractivity contribution in [2.45, 2.75) is 17.9 Å². The average Bonchev–Trinajstić information content (AvgIpc) is 2.98. The van der Waals surface area contributed by atoms with Crippen LogP contribution in [0.3, 0.4) is 0 Å². The van der Waals surface area contributed by atoms with E-state index in [1.165, 1.54) is 12.1 Å². The van der Waals surface area contributed by atoms with Crippen LogP contribution in [0, 0.1) is 10.1 Å². The Morgan fingerprint density at radius 3 is 2.68 bits per heavy atom. The van der Waals surface area contributed by atoms with Crippen molar-refractivity contribution < 1.29 is 13.3 Å². The third kappa shape index (κ3) is 3.29. The fourth-order valence-corrected chi connectivity index (χ4v) is 3.11. The standard InChI is InChI=1S/C15H15N5O4S/c1-10(15-18-17-14-5-3-4-8-19(14)15)16-12-7-6-11(25(2,23)24)9-13(12)20(21)22/h3-10,16H,1-2H3. The molecule has 0 radical (unpaired) electrons. The number of pyridine rings is 1. The van der Waals surface area contributed by atoms with Gasteiger partial charge in [-0.2, -0.15) is 0 Å². The van der Waals surface area contributed by atoms with Crippen LogP contribution in [-0.2, 0) is 9.84 Å². The molecule has 0 fully saturated rings. The molecule has 1 atom stereocenters. The molecular weight excluding hydrogens is 346 g/mol. The van der Waals surface area contributed by atoms with Crippen molar-refractivity contribution in [1.29, 1.82) is 0 Å². The van der Waals surface area contributed by atoms with Crippen molar-refractivity contribution in [2.75, 3.05) is 11.6 Å². The number of anilines is 1. The summed E-state index contributed by atoms with van der Waals surface area (Å²) in [6.45, 7) is 1.79. The Balaban J connectivity index is 1.98. The SMILES string of the molecule is CC(Nc1ccc(S(C)(=O)=O)cc1[N+](=O)[O-])c1nnc2ccccn12. The number of nitro groups is 1. The van der Waals surface area contributed by atoms with Gasteiger partial charge in [-0.25, -0.2) is 8.42 Å². The van der Waals surface area contributed by atoms with Gasteiger partial charge in [-0.1, -0.05) is 6.07 Å². The first-order valence-electron chi connectivity index (χ1n) is 7.32. The summed E-state index contributed by atoms with van der Waals surface area (Å²) in [6.07, 6.45) is 2.80. The average molecular weight is 361 g/mol. The molecule has 0 aliphatic rings. The molecule has 10 heteroatoms. The summed E-state index contributed by atoms with van der Waals surface area (Å²) in [4.78, 5) is 10.6. The first-order valence-corrected chi connectivity index (χ1v) is 9.21. The summed E-state index contributed by atoms with van der Waals surface area (Å²) in [7, 11) is -3.53. The summed E-state index contributed by atoms with van der Waals surface area (Å²) in [5, 5.41) is 22.5. The van der Waals surface area contributed by atoms with Crippen LogP contribution >= 0.6 is 0 Å². The van der Waals surface area contributed by atoms with E-state index in [0.29, 0.717) is 11.5 Å². The van der Waals surface area contributed by atoms with E-state index >= 15 is 0 Å². The largest absolute Gasteiger partial charge is 0.370 e. The van der Waals surface area contributed by atoms with E-state index in [9.17, 15) is 18.5 Å². The van der Waals surface area contributed by atoms with Crippen molar-refractivity contribution in [3.8, 4) is 0 Å². The van der Waals surface area contributed by atoms with Gasteiger partial charge < -0.3 is 5.32 Å². The van der Waals surface area contributed by atoms with Crippen LogP contribution in [0.1, 0.15) is 18.8 Å². The van der Waals surface area contributed by atoms with E-state index < -0.39 is 14.8 Å². The number of nitrogens with one attached hydrogen (secondary N) is 1. The number of hydrogen-bond donors (Lipinski definition) is 1. The molecule has 1 N–H and O–H groups in total. The van der Waals surface area contributed by atoms with E-state index in [-0.39, 0.29) is 22.3 Å². The predicted molar refractivity (Wildman–Crippen MR) is 91.2 cm³/mol. The van der Waals surface area contributed by atoms with Crippen molar-refractivity contribution in [3.05, 3.63) is 58.5 Å². The van der Waals surface area contributed by atoms with Crippen LogP contribution in [0.25, 0.3) is 5.65 Å². The number of benzene rings is 1. The first-order chi connectivity index (χ1) is 11.8. The highest BCUT2D eigenvalue weighted by Gasteiger charge is 2.21. The van der Waals surface area contributed by atoms with Gasteiger partial charge >= 0.3 is 0 Å². The van der Waals surface area contributed by atoms with E-state index in [0.717, 1.165) is 12.3 Å². The van der Waals surface area contributed by atoms with Crippen LogP contribution in [0.15, 0.2) is 47.5 Å². The van der Waals surface area contributed by atoms with Gasteiger partial charge in [0.05, 0.1) is 15.9 Å². The topological polar surface area (TPSA) is 120 Å². The van der Waals surface area contributed by atoms with Crippen LogP contribution in [0.4, 0.5) is 11.4 Å². The molecule has 0 bridgehead atoms. The van der Waals surface area contributed by atoms with Gasteiger partial charge in [0.1, 0.15) is 5.69 Å². The molecule has 0 aliphatic carbocycles. The Labute approximate surface area is 143 Å². The number of nitro benzene ring substituents is 1. The van der Waals surface area contributed by atoms with E-state index in [1.807, 2.05) is 12.1 Å². The molecule has 0 saturated heterocycles. The number of fused-ring (bicyclic) bond motifs is 1. The van der Waals surface area contributed by atoms with Crippen molar-refractivity contribution >= 4 is 26.9 Å². The van der Waals surface area contributed by atoms with Gasteiger partial charge in [-0.05, 0) is 31.2 Å². The quantitative estimate of drug-likeness (QED) is 0.546. The molecule has 2 aromatic heterocycles. The smallest absolute Gasteiger partial charge is 0.293 e. The maximum Gasteiger partial charge on any atom is 0.293 e. The summed E-state index contributed by atoms with van der Waals surface area (Å²) in [5.74, 6) is 0.581. The monoisotopic (exact) mass is 361 g/mol. The normalized spacial score (nSPS) is 12.9. The van der Waals surface area contributed by atoms with Gasteiger partial charge in [-0.3, -0.25) is 14.5 Å². The van der Waals surface area contributed by atoms with Crippen molar-refractivity contribution in [1.82, 2.24) is 14.6 Å². The molecule has 9 nitrogen and oxygen atoms in total. The highest BCUT2D eigenvalue weighted by molar-refractivity contribution is 7.90. The molecule has 25 heavy (non-hydrogen) atoms. The highest BCUT2D eigenvalue weighted by atomic mass is 32.2. The van der Waals surface area contributed by atoms with Gasteiger partial charge in [-0.15, -0.1) is 10.2 Å². The zero-order valence-corrected chi connectivity index (χ0v) is 14.3. The minimum atomic E-state index is -3.53. The molecule has 0 saturated carbocycles. The van der Waals surface area contributed by atoms with Crippen LogP contribution in [0.2, 0.25) is 0 Å². The Morgan fingerprint density at radius 2 is 2.00 bits per heavy atom. The van der Waals surface area contributed by atoms with E-state index in [4.69, 9.17) is 0 Å². The number of sulfone groups is 1. The third-order valence-electron chi connectivity index (χ3n) is 3.69. The minimum absolute atomic E-state index is 0.106. The number of rotatable bonds is 5. The Hall–Kier alpha value is -3.01. The molecule has 2 heterocycles. The molecule has 0 aliphatic heterocycles. The number of hydrogen-bond acceptors (Lipinski definition) is 7. The molecule has 1 unspecified atom stereocenters. The summed E-state index contributed by atoms with van der Waals surface area (Å²) < 4.78 is 25.0. The van der Waals surface area contributed by atoms with Crippen LogP contribution in [-0.4, -0.2) is 34.2 Å². The lowest BCUT2D eigenvalue weighted by Gasteiger charge is -2.14. The second-order valence-corrected chi connectivity index (χ2v) is 7.58. The lowest BCUT2D eigenvalue weighted by Crippen LogP contribution is -2.12. The second kappa shape index (κ2) is 6.13. The maximum absolute atomic E-state index is 11.6. The van der Waals surface area contributed by atoms with E-state index in [1.54, 1.807) is 23.6 Å². The summed E-state index contributed by atoms with van der Waals surface area (Å²) >= 11 is 0. The highest BCUT2D eigenvalue weighted by Crippen LogP contribution is 2.30. The maximum atomic E-state index is 11.6.